The van der Waals surface area contributed by atoms with Crippen LogP contribution in [0.1, 0.15) is 0 Å². The van der Waals surface area contributed by atoms with Crippen LogP contribution in [-0.4, -0.2) is 44.4 Å². The molecule has 0 aliphatic heterocycles. The number of rotatable bonds is 7. The van der Waals surface area contributed by atoms with Crippen LogP contribution in [0.4, 0.5) is 5.69 Å². The summed E-state index contributed by atoms with van der Waals surface area (Å²) in [6.07, 6.45) is 0. The van der Waals surface area contributed by atoms with Crippen LogP contribution in [0.5, 0.6) is 11.8 Å². The van der Waals surface area contributed by atoms with Gasteiger partial charge in [0.05, 0.1) is 42.6 Å². The van der Waals surface area contributed by atoms with Crippen molar-refractivity contribution in [2.75, 3.05) is 38.7 Å². The summed E-state index contributed by atoms with van der Waals surface area (Å²) in [5.41, 5.74) is 7.25. The number of halogens is 2. The fourth-order valence-corrected chi connectivity index (χ4v) is 3.08. The number of hydrogen-bond acceptors (Lipinski definition) is 8. The van der Waals surface area contributed by atoms with Crippen molar-refractivity contribution in [2.45, 2.75) is 0 Å². The number of nitrogens with two attached hydrogens (primary N) is 1. The lowest BCUT2D eigenvalue weighted by Gasteiger charge is -2.23. The highest BCUT2D eigenvalue weighted by molar-refractivity contribution is 7.96. The Labute approximate surface area is 148 Å². The maximum Gasteiger partial charge on any atom is 0.278 e. The number of methoxy groups -OCH3 is 2. The molecule has 2 aromatic rings. The van der Waals surface area contributed by atoms with Gasteiger partial charge in [0, 0.05) is 13.1 Å². The molecule has 0 saturated heterocycles. The van der Waals surface area contributed by atoms with Gasteiger partial charge in [0.1, 0.15) is 17.7 Å². The molecule has 0 amide bonds. The van der Waals surface area contributed by atoms with Gasteiger partial charge in [-0.2, -0.15) is 0 Å². The maximum absolute atomic E-state index is 6.38. The highest BCUT2D eigenvalue weighted by atomic mass is 35.5. The van der Waals surface area contributed by atoms with Crippen molar-refractivity contribution < 1.29 is 13.7 Å². The fraction of sp³-hybridized carbons (Fsp3) is 0.385. The first-order valence-electron chi connectivity index (χ1n) is 6.53. The van der Waals surface area contributed by atoms with E-state index in [-0.39, 0.29) is 11.8 Å². The van der Waals surface area contributed by atoms with Gasteiger partial charge in [-0.25, -0.2) is 9.97 Å². The van der Waals surface area contributed by atoms with E-state index in [1.165, 1.54) is 14.2 Å². The monoisotopic (exact) mass is 378 g/mol. The molecule has 1 aromatic carbocycles. The number of ether oxygens (including phenoxy) is 2. The van der Waals surface area contributed by atoms with E-state index in [1.54, 1.807) is 17.5 Å². The Bertz CT molecular complexity index is 699. The normalized spacial score (nSPS) is 10.9. The summed E-state index contributed by atoms with van der Waals surface area (Å²) < 4.78 is 17.3. The molecule has 0 unspecified atom stereocenters. The third-order valence-corrected chi connectivity index (χ3v) is 4.37. The second-order valence-corrected chi connectivity index (χ2v) is 5.97. The third kappa shape index (κ3) is 3.67. The summed E-state index contributed by atoms with van der Waals surface area (Å²) in [7, 11) is 4.51. The Hall–Kier alpha value is -1.19. The number of fused-ring (bicyclic) bond motifs is 1. The van der Waals surface area contributed by atoms with Crippen molar-refractivity contribution in [1.29, 1.82) is 0 Å². The Morgan fingerprint density at radius 1 is 1.17 bits per heavy atom. The average molecular weight is 379 g/mol. The highest BCUT2D eigenvalue weighted by Crippen LogP contribution is 2.42. The Kier molecular flexibility index (Phi) is 6.37. The standard InChI is InChI=1S/C13H16Cl2N4O3S/c1-20-12-13(21-2)18-10-8(17-12)6-7(14)9(15)11(10)19(5-4-16)23-22-3/h6H,4-5,16H2,1-3H3. The minimum Gasteiger partial charge on any atom is -0.477 e. The molecule has 0 saturated carbocycles. The first-order chi connectivity index (χ1) is 11.1. The van der Waals surface area contributed by atoms with Crippen LogP contribution in [0.3, 0.4) is 0 Å². The van der Waals surface area contributed by atoms with Crippen molar-refractivity contribution >= 4 is 52.2 Å². The van der Waals surface area contributed by atoms with E-state index in [4.69, 9.17) is 42.6 Å². The van der Waals surface area contributed by atoms with Gasteiger partial charge in [0.25, 0.3) is 11.8 Å². The van der Waals surface area contributed by atoms with Gasteiger partial charge in [0.15, 0.2) is 0 Å². The molecular weight excluding hydrogens is 363 g/mol. The predicted octanol–water partition coefficient (Wildman–Crippen LogP) is 2.93. The second kappa shape index (κ2) is 8.07. The molecule has 0 aliphatic rings. The van der Waals surface area contributed by atoms with Gasteiger partial charge >= 0.3 is 0 Å². The molecule has 2 N–H and O–H groups in total. The molecule has 2 rings (SSSR count). The first kappa shape index (κ1) is 18.2. The highest BCUT2D eigenvalue weighted by Gasteiger charge is 2.22. The van der Waals surface area contributed by atoms with Gasteiger partial charge in [-0.1, -0.05) is 23.2 Å². The van der Waals surface area contributed by atoms with Crippen molar-refractivity contribution in [1.82, 2.24) is 9.97 Å². The smallest absolute Gasteiger partial charge is 0.278 e. The number of anilines is 1. The zero-order valence-corrected chi connectivity index (χ0v) is 15.1. The molecule has 0 fully saturated rings. The van der Waals surface area contributed by atoms with E-state index < -0.39 is 0 Å². The van der Waals surface area contributed by atoms with E-state index >= 15 is 0 Å². The zero-order chi connectivity index (χ0) is 17.0. The lowest BCUT2D eigenvalue weighted by Crippen LogP contribution is -2.24. The molecule has 0 spiro atoms. The van der Waals surface area contributed by atoms with Gasteiger partial charge in [-0.3, -0.25) is 8.49 Å². The predicted molar refractivity (Wildman–Crippen MR) is 93.7 cm³/mol. The quantitative estimate of drug-likeness (QED) is 0.581. The third-order valence-electron chi connectivity index (χ3n) is 2.90. The molecular formula is C13H16Cl2N4O3S. The molecule has 0 atom stereocenters. The SMILES string of the molecule is COSN(CCN)c1c(Cl)c(Cl)cc2nc(OC)c(OC)nc12. The lowest BCUT2D eigenvalue weighted by atomic mass is 10.2. The summed E-state index contributed by atoms with van der Waals surface area (Å²) in [5.74, 6) is 0.504. The Morgan fingerprint density at radius 2 is 1.83 bits per heavy atom. The summed E-state index contributed by atoms with van der Waals surface area (Å²) in [5, 5.41) is 0.674. The maximum atomic E-state index is 6.38. The van der Waals surface area contributed by atoms with E-state index in [0.717, 1.165) is 12.2 Å². The van der Waals surface area contributed by atoms with E-state index in [9.17, 15) is 0 Å². The molecule has 7 nitrogen and oxygen atoms in total. The van der Waals surface area contributed by atoms with E-state index in [0.29, 0.717) is 39.9 Å². The van der Waals surface area contributed by atoms with Gasteiger partial charge < -0.3 is 15.2 Å². The fourth-order valence-electron chi connectivity index (χ4n) is 1.98. The van der Waals surface area contributed by atoms with Crippen molar-refractivity contribution in [2.24, 2.45) is 5.73 Å². The van der Waals surface area contributed by atoms with Crippen LogP contribution >= 0.6 is 35.4 Å². The van der Waals surface area contributed by atoms with Crippen LogP contribution in [0.15, 0.2) is 6.07 Å². The summed E-state index contributed by atoms with van der Waals surface area (Å²) in [6, 6.07) is 1.62. The van der Waals surface area contributed by atoms with Crippen LogP contribution in [0.25, 0.3) is 11.0 Å². The lowest BCUT2D eigenvalue weighted by molar-refractivity contribution is 0.334. The topological polar surface area (TPSA) is 82.7 Å². The van der Waals surface area contributed by atoms with E-state index in [2.05, 4.69) is 9.97 Å². The molecule has 23 heavy (non-hydrogen) atoms. The van der Waals surface area contributed by atoms with Crippen molar-refractivity contribution in [3.05, 3.63) is 16.1 Å². The number of nitrogens with zero attached hydrogens (tertiary/aromatic N) is 3. The van der Waals surface area contributed by atoms with Gasteiger partial charge in [-0.15, -0.1) is 0 Å². The number of hydrogen-bond donors (Lipinski definition) is 1. The van der Waals surface area contributed by atoms with E-state index in [1.807, 2.05) is 0 Å². The molecule has 1 aromatic heterocycles. The van der Waals surface area contributed by atoms with Crippen LogP contribution in [-0.2, 0) is 4.18 Å². The molecule has 1 heterocycles. The minimum absolute atomic E-state index is 0.245. The number of benzene rings is 1. The second-order valence-electron chi connectivity index (χ2n) is 4.26. The van der Waals surface area contributed by atoms with Gasteiger partial charge in [0.2, 0.25) is 0 Å². The molecule has 0 radical (unpaired) electrons. The molecule has 10 heteroatoms. The van der Waals surface area contributed by atoms with Crippen LogP contribution < -0.4 is 19.5 Å². The molecule has 0 aliphatic carbocycles. The summed E-state index contributed by atoms with van der Waals surface area (Å²) in [6.45, 7) is 0.866. The minimum atomic E-state index is 0.245. The zero-order valence-electron chi connectivity index (χ0n) is 12.8. The molecule has 126 valence electrons. The Morgan fingerprint density at radius 3 is 2.39 bits per heavy atom. The number of aromatic nitrogens is 2. The average Bonchev–Trinajstić information content (AvgIpc) is 2.55. The van der Waals surface area contributed by atoms with Gasteiger partial charge in [-0.05, 0) is 6.07 Å². The summed E-state index contributed by atoms with van der Waals surface area (Å²) >= 11 is 13.7. The van der Waals surface area contributed by atoms with Crippen LogP contribution in [0, 0.1) is 0 Å². The van der Waals surface area contributed by atoms with Crippen molar-refractivity contribution in [3.63, 3.8) is 0 Å². The first-order valence-corrected chi connectivity index (χ1v) is 7.98. The summed E-state index contributed by atoms with van der Waals surface area (Å²) in [4.78, 5) is 8.82. The van der Waals surface area contributed by atoms with Crippen molar-refractivity contribution in [3.8, 4) is 11.8 Å². The molecule has 0 bridgehead atoms. The largest absolute Gasteiger partial charge is 0.477 e. The van der Waals surface area contributed by atoms with Crippen LogP contribution in [0.2, 0.25) is 10.0 Å². The Balaban J connectivity index is 2.76.